The number of nitrogens with one attached hydrogen (secondary N) is 1. The van der Waals surface area contributed by atoms with Crippen LogP contribution in [0, 0.1) is 10.1 Å². The minimum absolute atomic E-state index is 0.0365. The Morgan fingerprint density at radius 2 is 1.76 bits per heavy atom. The largest absolute Gasteiger partial charge is 0.493 e. The molecule has 0 fully saturated rings. The third kappa shape index (κ3) is 5.90. The first-order valence-electron chi connectivity index (χ1n) is 8.84. The lowest BCUT2D eigenvalue weighted by Gasteiger charge is -2.14. The number of nitrogens with zero attached hydrogens (tertiary/aromatic N) is 1. The molecule has 8 heteroatoms. The molecule has 0 saturated carbocycles. The van der Waals surface area contributed by atoms with Crippen LogP contribution >= 0.6 is 0 Å². The Kier molecular flexibility index (Phi) is 7.08. The van der Waals surface area contributed by atoms with E-state index in [4.69, 9.17) is 9.47 Å². The van der Waals surface area contributed by atoms with Crippen LogP contribution in [0.4, 0.5) is 11.4 Å². The molecule has 0 aromatic heterocycles. The average molecular weight is 398 g/mol. The second-order valence-electron chi connectivity index (χ2n) is 6.45. The van der Waals surface area contributed by atoms with Gasteiger partial charge in [-0.25, -0.2) is 0 Å². The van der Waals surface area contributed by atoms with E-state index in [-0.39, 0.29) is 17.4 Å². The molecule has 0 radical (unpaired) electrons. The Labute approximate surface area is 168 Å². The summed E-state index contributed by atoms with van der Waals surface area (Å²) < 4.78 is 11.0. The summed E-state index contributed by atoms with van der Waals surface area (Å²) in [6, 6.07) is 10.4. The van der Waals surface area contributed by atoms with Gasteiger partial charge in [0.05, 0.1) is 23.7 Å². The lowest BCUT2D eigenvalue weighted by Crippen LogP contribution is -2.18. The van der Waals surface area contributed by atoms with E-state index in [1.54, 1.807) is 18.2 Å². The number of hydrogen-bond acceptors (Lipinski definition) is 6. The number of rotatable bonds is 8. The topological polar surface area (TPSA) is 108 Å². The second kappa shape index (κ2) is 9.50. The Morgan fingerprint density at radius 1 is 1.10 bits per heavy atom. The number of nitro benzene ring substituents is 1. The van der Waals surface area contributed by atoms with E-state index >= 15 is 0 Å². The van der Waals surface area contributed by atoms with Crippen molar-refractivity contribution >= 4 is 29.1 Å². The van der Waals surface area contributed by atoms with Crippen LogP contribution in [-0.4, -0.2) is 29.8 Å². The number of hydrogen-bond donors (Lipinski definition) is 1. The lowest BCUT2D eigenvalue weighted by atomic mass is 10.1. The van der Waals surface area contributed by atoms with Crippen molar-refractivity contribution in [2.75, 3.05) is 12.4 Å². The van der Waals surface area contributed by atoms with E-state index in [0.29, 0.717) is 22.7 Å². The average Bonchev–Trinajstić information content (AvgIpc) is 2.66. The van der Waals surface area contributed by atoms with Gasteiger partial charge in [0.25, 0.3) is 11.6 Å². The van der Waals surface area contributed by atoms with Gasteiger partial charge in [-0.2, -0.15) is 0 Å². The number of anilines is 1. The molecule has 152 valence electrons. The summed E-state index contributed by atoms with van der Waals surface area (Å²) in [4.78, 5) is 34.8. The number of methoxy groups -OCH3 is 1. The summed E-state index contributed by atoms with van der Waals surface area (Å²) in [5.74, 6) is -0.0100. The van der Waals surface area contributed by atoms with Crippen molar-refractivity contribution in [3.63, 3.8) is 0 Å². The van der Waals surface area contributed by atoms with Crippen LogP contribution in [0.2, 0.25) is 0 Å². The highest BCUT2D eigenvalue weighted by atomic mass is 16.6. The molecule has 0 aliphatic carbocycles. The van der Waals surface area contributed by atoms with E-state index < -0.39 is 16.6 Å². The van der Waals surface area contributed by atoms with Gasteiger partial charge in [0, 0.05) is 17.8 Å². The number of Topliss-reactive ketones (excluding diaryl/α,β-unsaturated/α-hetero) is 1. The maximum atomic E-state index is 12.6. The van der Waals surface area contributed by atoms with Crippen molar-refractivity contribution in [3.05, 3.63) is 63.7 Å². The fraction of sp³-hybridized carbons (Fsp3) is 0.238. The smallest absolute Gasteiger partial charge is 0.269 e. The summed E-state index contributed by atoms with van der Waals surface area (Å²) in [7, 11) is 1.50. The Morgan fingerprint density at radius 3 is 2.28 bits per heavy atom. The summed E-state index contributed by atoms with van der Waals surface area (Å²) in [5, 5.41) is 13.3. The van der Waals surface area contributed by atoms with Gasteiger partial charge in [0.1, 0.15) is 0 Å². The van der Waals surface area contributed by atoms with Crippen molar-refractivity contribution in [3.8, 4) is 11.5 Å². The molecule has 0 heterocycles. The number of nitro groups is 1. The third-order valence-electron chi connectivity index (χ3n) is 3.82. The van der Waals surface area contributed by atoms with Gasteiger partial charge in [-0.1, -0.05) is 6.07 Å². The quantitative estimate of drug-likeness (QED) is 0.237. The Balaban J connectivity index is 2.28. The predicted molar refractivity (Wildman–Crippen MR) is 109 cm³/mol. The van der Waals surface area contributed by atoms with Crippen LogP contribution in [0.5, 0.6) is 11.5 Å². The van der Waals surface area contributed by atoms with Crippen molar-refractivity contribution in [2.45, 2.75) is 26.9 Å². The fourth-order valence-electron chi connectivity index (χ4n) is 2.48. The number of benzene rings is 2. The molecule has 0 unspecified atom stereocenters. The number of ether oxygens (including phenoxy) is 2. The van der Waals surface area contributed by atoms with Gasteiger partial charge < -0.3 is 14.8 Å². The van der Waals surface area contributed by atoms with Crippen LogP contribution in [0.25, 0.3) is 6.08 Å². The molecule has 2 aromatic rings. The summed E-state index contributed by atoms with van der Waals surface area (Å²) >= 11 is 0. The zero-order valence-electron chi connectivity index (χ0n) is 16.6. The molecule has 29 heavy (non-hydrogen) atoms. The number of non-ortho nitro benzene ring substituents is 1. The highest BCUT2D eigenvalue weighted by molar-refractivity contribution is 6.25. The van der Waals surface area contributed by atoms with Gasteiger partial charge in [-0.3, -0.25) is 19.7 Å². The molecule has 0 atom stereocenters. The van der Waals surface area contributed by atoms with Crippen LogP contribution < -0.4 is 14.8 Å². The highest BCUT2D eigenvalue weighted by Gasteiger charge is 2.16. The number of carbonyl (C=O) groups is 2. The minimum Gasteiger partial charge on any atom is -0.493 e. The SMILES string of the molecule is COc1cc(C=C(C(C)=O)C(=O)Nc2ccc([N+](=O)[O-])cc2)ccc1OC(C)C. The first kappa shape index (κ1) is 21.6. The summed E-state index contributed by atoms with van der Waals surface area (Å²) in [6.45, 7) is 5.07. The number of ketones is 1. The van der Waals surface area contributed by atoms with Crippen LogP contribution in [-0.2, 0) is 9.59 Å². The Bertz CT molecular complexity index is 948. The fourth-order valence-corrected chi connectivity index (χ4v) is 2.48. The summed E-state index contributed by atoms with van der Waals surface area (Å²) in [6.07, 6.45) is 1.41. The van der Waals surface area contributed by atoms with Crippen molar-refractivity contribution in [1.29, 1.82) is 0 Å². The number of amides is 1. The standard InChI is InChI=1S/C21H22N2O6/c1-13(2)29-19-10-5-15(12-20(19)28-4)11-18(14(3)24)21(25)22-16-6-8-17(9-7-16)23(26)27/h5-13H,1-4H3,(H,22,25). The van der Waals surface area contributed by atoms with Gasteiger partial charge in [0.2, 0.25) is 0 Å². The molecular weight excluding hydrogens is 376 g/mol. The van der Waals surface area contributed by atoms with Gasteiger partial charge in [0.15, 0.2) is 17.3 Å². The zero-order chi connectivity index (χ0) is 21.6. The van der Waals surface area contributed by atoms with Crippen LogP contribution in [0.15, 0.2) is 48.0 Å². The second-order valence-corrected chi connectivity index (χ2v) is 6.45. The molecule has 0 spiro atoms. The molecule has 0 saturated heterocycles. The van der Waals surface area contributed by atoms with Gasteiger partial charge >= 0.3 is 0 Å². The number of carbonyl (C=O) groups excluding carboxylic acids is 2. The predicted octanol–water partition coefficient (Wildman–Crippen LogP) is 4.00. The molecule has 0 aliphatic heterocycles. The molecule has 2 rings (SSSR count). The van der Waals surface area contributed by atoms with Crippen molar-refractivity contribution in [1.82, 2.24) is 0 Å². The zero-order valence-corrected chi connectivity index (χ0v) is 16.6. The minimum atomic E-state index is -0.618. The molecule has 0 aliphatic rings. The van der Waals surface area contributed by atoms with E-state index in [2.05, 4.69) is 5.32 Å². The van der Waals surface area contributed by atoms with E-state index in [1.165, 1.54) is 44.4 Å². The van der Waals surface area contributed by atoms with Gasteiger partial charge in [-0.15, -0.1) is 0 Å². The van der Waals surface area contributed by atoms with Crippen LogP contribution in [0.1, 0.15) is 26.3 Å². The third-order valence-corrected chi connectivity index (χ3v) is 3.82. The summed E-state index contributed by atoms with van der Waals surface area (Å²) in [5.41, 5.74) is 0.761. The maximum absolute atomic E-state index is 12.6. The van der Waals surface area contributed by atoms with Crippen molar-refractivity contribution < 1.29 is 24.0 Å². The molecule has 8 nitrogen and oxygen atoms in total. The molecule has 1 N–H and O–H groups in total. The monoisotopic (exact) mass is 398 g/mol. The van der Waals surface area contributed by atoms with E-state index in [1.807, 2.05) is 13.8 Å². The molecule has 1 amide bonds. The Hall–Kier alpha value is -3.68. The highest BCUT2D eigenvalue weighted by Crippen LogP contribution is 2.30. The van der Waals surface area contributed by atoms with Crippen molar-refractivity contribution in [2.24, 2.45) is 0 Å². The lowest BCUT2D eigenvalue weighted by molar-refractivity contribution is -0.384. The van der Waals surface area contributed by atoms with E-state index in [0.717, 1.165) is 0 Å². The maximum Gasteiger partial charge on any atom is 0.269 e. The molecule has 0 bridgehead atoms. The first-order chi connectivity index (χ1) is 13.7. The first-order valence-corrected chi connectivity index (χ1v) is 8.84. The molecular formula is C21H22N2O6. The van der Waals surface area contributed by atoms with Crippen LogP contribution in [0.3, 0.4) is 0 Å². The molecule has 2 aromatic carbocycles. The van der Waals surface area contributed by atoms with E-state index in [9.17, 15) is 19.7 Å². The normalized spacial score (nSPS) is 11.1. The van der Waals surface area contributed by atoms with Gasteiger partial charge in [-0.05, 0) is 56.7 Å².